The van der Waals surface area contributed by atoms with Gasteiger partial charge >= 0.3 is 5.69 Å². The quantitative estimate of drug-likeness (QED) is 0.400. The van der Waals surface area contributed by atoms with Crippen LogP contribution < -0.4 is 5.69 Å². The van der Waals surface area contributed by atoms with Crippen molar-refractivity contribution in [3.8, 4) is 5.69 Å². The summed E-state index contributed by atoms with van der Waals surface area (Å²) in [7, 11) is 1.54. The molecule has 0 N–H and O–H groups in total. The zero-order valence-electron chi connectivity index (χ0n) is 17.8. The van der Waals surface area contributed by atoms with Gasteiger partial charge in [0.05, 0.1) is 29.8 Å². The molecule has 2 aromatic carbocycles. The number of rotatable bonds is 7. The van der Waals surface area contributed by atoms with Crippen LogP contribution in [0.15, 0.2) is 58.5 Å². The van der Waals surface area contributed by atoms with Gasteiger partial charge in [-0.25, -0.2) is 4.79 Å². The molecular formula is C22H24ClN5O4. The summed E-state index contributed by atoms with van der Waals surface area (Å²) in [6.07, 6.45) is 1.98. The summed E-state index contributed by atoms with van der Waals surface area (Å²) in [5.41, 5.74) is 0.513. The Morgan fingerprint density at radius 3 is 2.59 bits per heavy atom. The molecule has 1 aliphatic heterocycles. The van der Waals surface area contributed by atoms with Crippen LogP contribution in [-0.4, -0.2) is 46.0 Å². The second-order valence-corrected chi connectivity index (χ2v) is 7.90. The molecule has 0 radical (unpaired) electrons. The molecule has 1 atom stereocenters. The van der Waals surface area contributed by atoms with Crippen LogP contribution in [0.5, 0.6) is 0 Å². The minimum Gasteiger partial charge on any atom is -0.384 e. The van der Waals surface area contributed by atoms with Gasteiger partial charge in [-0.05, 0) is 35.0 Å². The summed E-state index contributed by atoms with van der Waals surface area (Å²) < 4.78 is 13.7. The van der Waals surface area contributed by atoms with Crippen LogP contribution >= 0.6 is 11.6 Å². The molecule has 0 bridgehead atoms. The Hall–Kier alpha value is -3.01. The Labute approximate surface area is 190 Å². The lowest BCUT2D eigenvalue weighted by atomic mass is 9.76. The van der Waals surface area contributed by atoms with E-state index in [1.807, 2.05) is 30.3 Å². The number of aromatic nitrogens is 4. The molecule has 4 rings (SSSR count). The molecule has 32 heavy (non-hydrogen) atoms. The Kier molecular flexibility index (Phi) is 6.69. The van der Waals surface area contributed by atoms with Gasteiger partial charge in [-0.2, -0.15) is 9.36 Å². The van der Waals surface area contributed by atoms with Crippen molar-refractivity contribution in [2.45, 2.75) is 18.9 Å². The largest absolute Gasteiger partial charge is 0.384 e. The van der Waals surface area contributed by atoms with E-state index in [2.05, 4.69) is 15.6 Å². The molecule has 3 aromatic rings. The van der Waals surface area contributed by atoms with Crippen LogP contribution in [0.2, 0.25) is 5.02 Å². The third kappa shape index (κ3) is 4.19. The van der Waals surface area contributed by atoms with Crippen LogP contribution in [0.4, 0.5) is 0 Å². The average Bonchev–Trinajstić information content (AvgIpc) is 3.16. The first kappa shape index (κ1) is 22.2. The van der Waals surface area contributed by atoms with E-state index in [4.69, 9.17) is 25.9 Å². The molecule has 1 saturated heterocycles. The predicted molar refractivity (Wildman–Crippen MR) is 119 cm³/mol. The fourth-order valence-electron chi connectivity index (χ4n) is 3.97. The number of halogens is 1. The van der Waals surface area contributed by atoms with Gasteiger partial charge in [0, 0.05) is 25.2 Å². The molecule has 0 aliphatic carbocycles. The zero-order valence-corrected chi connectivity index (χ0v) is 18.6. The summed E-state index contributed by atoms with van der Waals surface area (Å²) in [6.45, 7) is 2.70. The number of oxime groups is 1. The fraction of sp³-hybridized carbons (Fsp3) is 0.364. The Bertz CT molecular complexity index is 1140. The molecule has 0 spiro atoms. The molecule has 0 amide bonds. The number of hydrogen-bond acceptors (Lipinski definition) is 7. The molecule has 1 aliphatic rings. The highest BCUT2D eigenvalue weighted by molar-refractivity contribution is 6.31. The summed E-state index contributed by atoms with van der Waals surface area (Å²) in [5, 5.41) is 12.5. The van der Waals surface area contributed by atoms with E-state index in [0.717, 1.165) is 10.2 Å². The van der Waals surface area contributed by atoms with Gasteiger partial charge in [0.1, 0.15) is 6.79 Å². The number of ether oxygens (including phenoxy) is 2. The molecule has 1 aromatic heterocycles. The van der Waals surface area contributed by atoms with Gasteiger partial charge in [0.15, 0.2) is 5.60 Å². The zero-order chi connectivity index (χ0) is 22.6. The normalized spacial score (nSPS) is 16.8. The van der Waals surface area contributed by atoms with Gasteiger partial charge < -0.3 is 14.3 Å². The SMILES string of the molecule is CC=NOC(Cc1ccccc1)(c1c(Cl)cccc1-n1nnn(C)c1=O)C1COCOC1. The number of hydrogen-bond donors (Lipinski definition) is 0. The summed E-state index contributed by atoms with van der Waals surface area (Å²) in [6, 6.07) is 15.1. The first-order valence-corrected chi connectivity index (χ1v) is 10.6. The van der Waals surface area contributed by atoms with E-state index >= 15 is 0 Å². The Morgan fingerprint density at radius 1 is 1.19 bits per heavy atom. The third-order valence-electron chi connectivity index (χ3n) is 5.46. The van der Waals surface area contributed by atoms with E-state index in [9.17, 15) is 4.79 Å². The van der Waals surface area contributed by atoms with Gasteiger partial charge in [-0.15, -0.1) is 0 Å². The van der Waals surface area contributed by atoms with Crippen LogP contribution in [-0.2, 0) is 33.4 Å². The molecule has 1 fully saturated rings. The maximum atomic E-state index is 12.7. The molecular weight excluding hydrogens is 434 g/mol. The van der Waals surface area contributed by atoms with Gasteiger partial charge in [-0.1, -0.05) is 53.2 Å². The summed E-state index contributed by atoms with van der Waals surface area (Å²) in [5.74, 6) is -0.272. The van der Waals surface area contributed by atoms with Crippen molar-refractivity contribution in [3.05, 3.63) is 75.2 Å². The first-order chi connectivity index (χ1) is 15.6. The summed E-state index contributed by atoms with van der Waals surface area (Å²) >= 11 is 6.80. The highest BCUT2D eigenvalue weighted by atomic mass is 35.5. The Morgan fingerprint density at radius 2 is 1.94 bits per heavy atom. The van der Waals surface area contributed by atoms with Crippen LogP contribution in [0, 0.1) is 5.92 Å². The summed E-state index contributed by atoms with van der Waals surface area (Å²) in [4.78, 5) is 19.0. The minimum atomic E-state index is -1.11. The lowest BCUT2D eigenvalue weighted by molar-refractivity contribution is -0.196. The highest BCUT2D eigenvalue weighted by Crippen LogP contribution is 2.45. The maximum absolute atomic E-state index is 12.7. The van der Waals surface area contributed by atoms with E-state index in [-0.39, 0.29) is 12.7 Å². The molecule has 1 unspecified atom stereocenters. The van der Waals surface area contributed by atoms with Crippen molar-refractivity contribution < 1.29 is 14.3 Å². The van der Waals surface area contributed by atoms with Crippen LogP contribution in [0.25, 0.3) is 5.69 Å². The molecule has 0 saturated carbocycles. The van der Waals surface area contributed by atoms with Gasteiger partial charge in [0.2, 0.25) is 0 Å². The number of aryl methyl sites for hydroxylation is 1. The first-order valence-electron chi connectivity index (χ1n) is 10.2. The van der Waals surface area contributed by atoms with Crippen molar-refractivity contribution in [1.29, 1.82) is 0 Å². The predicted octanol–water partition coefficient (Wildman–Crippen LogP) is 2.70. The highest BCUT2D eigenvalue weighted by Gasteiger charge is 2.48. The standard InChI is InChI=1S/C22H24ClN5O4/c1-3-24-32-22(17-13-30-15-31-14-17,12-16-8-5-4-6-9-16)20-18(23)10-7-11-19(20)28-21(29)27(2)25-26-28/h3-11,17H,12-15H2,1-2H3. The molecule has 10 heteroatoms. The van der Waals surface area contributed by atoms with Crippen molar-refractivity contribution in [3.63, 3.8) is 0 Å². The van der Waals surface area contributed by atoms with Crippen molar-refractivity contribution in [2.24, 2.45) is 18.1 Å². The van der Waals surface area contributed by atoms with E-state index in [1.165, 1.54) is 11.7 Å². The maximum Gasteiger partial charge on any atom is 0.368 e. The monoisotopic (exact) mass is 457 g/mol. The van der Waals surface area contributed by atoms with E-state index in [0.29, 0.717) is 35.9 Å². The van der Waals surface area contributed by atoms with Gasteiger partial charge in [0.25, 0.3) is 0 Å². The van der Waals surface area contributed by atoms with Crippen LogP contribution in [0.1, 0.15) is 18.1 Å². The molecule has 2 heterocycles. The second-order valence-electron chi connectivity index (χ2n) is 7.49. The lowest BCUT2D eigenvalue weighted by Gasteiger charge is -2.41. The van der Waals surface area contributed by atoms with Crippen molar-refractivity contribution in [1.82, 2.24) is 19.8 Å². The van der Waals surface area contributed by atoms with Crippen LogP contribution in [0.3, 0.4) is 0 Å². The van der Waals surface area contributed by atoms with Crippen molar-refractivity contribution in [2.75, 3.05) is 20.0 Å². The Balaban J connectivity index is 1.99. The van der Waals surface area contributed by atoms with E-state index in [1.54, 1.807) is 31.3 Å². The van der Waals surface area contributed by atoms with Gasteiger partial charge in [-0.3, -0.25) is 0 Å². The minimum absolute atomic E-state index is 0.202. The number of tetrazole rings is 1. The van der Waals surface area contributed by atoms with Crippen molar-refractivity contribution >= 4 is 17.8 Å². The fourth-order valence-corrected chi connectivity index (χ4v) is 4.29. The van der Waals surface area contributed by atoms with E-state index < -0.39 is 11.3 Å². The third-order valence-corrected chi connectivity index (χ3v) is 5.77. The topological polar surface area (TPSA) is 92.8 Å². The second kappa shape index (κ2) is 9.64. The smallest absolute Gasteiger partial charge is 0.368 e. The lowest BCUT2D eigenvalue weighted by Crippen LogP contribution is -2.47. The molecule has 168 valence electrons. The molecule has 9 nitrogen and oxygen atoms in total. The average molecular weight is 458 g/mol. The number of nitrogens with zero attached hydrogens (tertiary/aromatic N) is 5. The number of benzene rings is 2.